The van der Waals surface area contributed by atoms with Gasteiger partial charge < -0.3 is 18.8 Å². The number of benzene rings is 10. The van der Waals surface area contributed by atoms with Gasteiger partial charge in [-0.25, -0.2) is 0 Å². The Balaban J connectivity index is 1.23. The van der Waals surface area contributed by atoms with Gasteiger partial charge >= 0.3 is 0 Å². The molecule has 0 saturated heterocycles. The zero-order valence-corrected chi connectivity index (χ0v) is 42.3. The van der Waals surface area contributed by atoms with Gasteiger partial charge in [0.05, 0.1) is 39.4 Å². The standard InChI is InChI=1S/C70H52N4O/c1-45-35-37-52(38-36-45)72(56-30-17-14-21-46(56)2)61-43-60-65(53-41-42-71-44-62(53)73(60)51-28-12-7-13-29-51)68-67(61)66-55(70(68,49-24-8-5-9-25-49)50-26-10-6-11-27-50)40-39-54-64-59(33-20-34-63(64)75-69(54)66)74(57-31-18-15-22-47(57)3)58-32-19-16-23-48(58)4/h5-44H,1-4H3. The third-order valence-electron chi connectivity index (χ3n) is 15.8. The molecule has 5 heteroatoms. The predicted octanol–water partition coefficient (Wildman–Crippen LogP) is 18.6. The van der Waals surface area contributed by atoms with Gasteiger partial charge in [0.1, 0.15) is 11.2 Å². The molecule has 1 aliphatic carbocycles. The van der Waals surface area contributed by atoms with Crippen LogP contribution in [-0.4, -0.2) is 9.55 Å². The molecule has 0 unspecified atom stereocenters. The van der Waals surface area contributed by atoms with Crippen molar-refractivity contribution >= 4 is 77.9 Å². The number of hydrogen-bond donors (Lipinski definition) is 0. The molecule has 75 heavy (non-hydrogen) atoms. The molecule has 0 amide bonds. The summed E-state index contributed by atoms with van der Waals surface area (Å²) in [5.41, 5.74) is 22.1. The molecular weight excluding hydrogens is 913 g/mol. The third kappa shape index (κ3) is 6.60. The second kappa shape index (κ2) is 17.4. The Hall–Kier alpha value is -9.45. The lowest BCUT2D eigenvalue weighted by Crippen LogP contribution is -2.29. The molecule has 358 valence electrons. The SMILES string of the molecule is Cc1ccc(N(c2ccccc2C)c2cc3c(c4c2-c2c(ccc5c2oc2cccc(N(c6ccccc6C)c6ccccc6C)c25)C4(c2ccccc2)c2ccccc2)c2ccncc2n3-c2ccccc2)cc1. The Labute approximate surface area is 436 Å². The average Bonchev–Trinajstić information content (AvgIpc) is 4.33. The lowest BCUT2D eigenvalue weighted by Gasteiger charge is -2.35. The molecule has 14 rings (SSSR count). The fraction of sp³-hybridized carbons (Fsp3) is 0.0714. The molecule has 0 radical (unpaired) electrons. The van der Waals surface area contributed by atoms with E-state index in [0.29, 0.717) is 0 Å². The summed E-state index contributed by atoms with van der Waals surface area (Å²) in [5, 5.41) is 4.41. The molecule has 0 N–H and O–H groups in total. The topological polar surface area (TPSA) is 37.4 Å². The first-order chi connectivity index (χ1) is 36.9. The van der Waals surface area contributed by atoms with E-state index in [1.165, 1.54) is 38.8 Å². The first kappa shape index (κ1) is 44.3. The summed E-state index contributed by atoms with van der Waals surface area (Å²) in [7, 11) is 0. The zero-order valence-electron chi connectivity index (χ0n) is 42.3. The van der Waals surface area contributed by atoms with Crippen LogP contribution in [0.5, 0.6) is 0 Å². The van der Waals surface area contributed by atoms with Crippen molar-refractivity contribution in [1.82, 2.24) is 9.55 Å². The van der Waals surface area contributed by atoms with Crippen molar-refractivity contribution in [2.24, 2.45) is 0 Å². The summed E-state index contributed by atoms with van der Waals surface area (Å²) in [5.74, 6) is 0. The van der Waals surface area contributed by atoms with E-state index in [9.17, 15) is 0 Å². The summed E-state index contributed by atoms with van der Waals surface area (Å²) in [6.45, 7) is 8.79. The van der Waals surface area contributed by atoms with Crippen LogP contribution in [0.25, 0.3) is 60.6 Å². The highest BCUT2D eigenvalue weighted by molar-refractivity contribution is 6.23. The molecule has 0 saturated carbocycles. The van der Waals surface area contributed by atoms with E-state index < -0.39 is 5.41 Å². The molecule has 3 aromatic heterocycles. The molecular formula is C70H52N4O. The van der Waals surface area contributed by atoms with Crippen LogP contribution >= 0.6 is 0 Å². The van der Waals surface area contributed by atoms with Crippen molar-refractivity contribution in [3.8, 4) is 16.8 Å². The van der Waals surface area contributed by atoms with Crippen molar-refractivity contribution in [3.63, 3.8) is 0 Å². The zero-order chi connectivity index (χ0) is 50.4. The van der Waals surface area contributed by atoms with Gasteiger partial charge in [-0.2, -0.15) is 0 Å². The van der Waals surface area contributed by atoms with E-state index in [1.807, 2.05) is 12.4 Å². The number of fused-ring (bicyclic) bond motifs is 11. The largest absolute Gasteiger partial charge is 0.455 e. The van der Waals surface area contributed by atoms with Gasteiger partial charge in [-0.1, -0.05) is 169 Å². The molecule has 0 aliphatic heterocycles. The van der Waals surface area contributed by atoms with Gasteiger partial charge in [-0.3, -0.25) is 4.98 Å². The lowest BCUT2D eigenvalue weighted by atomic mass is 9.66. The predicted molar refractivity (Wildman–Crippen MR) is 311 cm³/mol. The van der Waals surface area contributed by atoms with Crippen molar-refractivity contribution in [2.45, 2.75) is 33.1 Å². The Kier molecular flexibility index (Phi) is 10.2. The summed E-state index contributed by atoms with van der Waals surface area (Å²) >= 11 is 0. The van der Waals surface area contributed by atoms with Crippen molar-refractivity contribution in [3.05, 3.63) is 287 Å². The molecule has 5 nitrogen and oxygen atoms in total. The molecule has 0 spiro atoms. The minimum absolute atomic E-state index is 0.824. The van der Waals surface area contributed by atoms with Crippen LogP contribution in [0.2, 0.25) is 0 Å². The number of pyridine rings is 1. The van der Waals surface area contributed by atoms with Crippen LogP contribution in [0.4, 0.5) is 34.1 Å². The summed E-state index contributed by atoms with van der Waals surface area (Å²) in [6, 6.07) is 84.3. The lowest BCUT2D eigenvalue weighted by molar-refractivity contribution is 0.669. The first-order valence-electron chi connectivity index (χ1n) is 25.9. The highest BCUT2D eigenvalue weighted by atomic mass is 16.3. The van der Waals surface area contributed by atoms with E-state index >= 15 is 0 Å². The molecule has 10 aromatic carbocycles. The van der Waals surface area contributed by atoms with Crippen LogP contribution in [-0.2, 0) is 5.41 Å². The van der Waals surface area contributed by atoms with Gasteiger partial charge in [0, 0.05) is 61.9 Å². The smallest absolute Gasteiger partial charge is 0.143 e. The number of aromatic nitrogens is 2. The van der Waals surface area contributed by atoms with E-state index in [-0.39, 0.29) is 0 Å². The molecule has 3 heterocycles. The highest BCUT2D eigenvalue weighted by Gasteiger charge is 2.51. The van der Waals surface area contributed by atoms with Crippen LogP contribution in [0.15, 0.2) is 247 Å². The number of hydrogen-bond acceptors (Lipinski definition) is 4. The van der Waals surface area contributed by atoms with E-state index in [0.717, 1.165) is 100 Å². The maximum absolute atomic E-state index is 7.64. The van der Waals surface area contributed by atoms with Crippen LogP contribution in [0.1, 0.15) is 44.5 Å². The fourth-order valence-electron chi connectivity index (χ4n) is 12.5. The molecule has 0 atom stereocenters. The number of anilines is 6. The number of rotatable bonds is 9. The van der Waals surface area contributed by atoms with Gasteiger partial charge in [0.2, 0.25) is 0 Å². The monoisotopic (exact) mass is 964 g/mol. The van der Waals surface area contributed by atoms with Crippen molar-refractivity contribution in [1.29, 1.82) is 0 Å². The molecule has 0 bridgehead atoms. The Bertz CT molecular complexity index is 4260. The Morgan fingerprint density at radius 2 is 1.00 bits per heavy atom. The van der Waals surface area contributed by atoms with Gasteiger partial charge in [-0.05, 0) is 133 Å². The summed E-state index contributed by atoms with van der Waals surface area (Å²) in [4.78, 5) is 9.77. The number of para-hydroxylation sites is 4. The molecule has 0 fully saturated rings. The van der Waals surface area contributed by atoms with Crippen LogP contribution in [0, 0.1) is 27.7 Å². The average molecular weight is 965 g/mol. The second-order valence-electron chi connectivity index (χ2n) is 20.1. The van der Waals surface area contributed by atoms with Crippen LogP contribution < -0.4 is 9.80 Å². The van der Waals surface area contributed by atoms with E-state index in [2.05, 4.69) is 273 Å². The van der Waals surface area contributed by atoms with Crippen molar-refractivity contribution in [2.75, 3.05) is 9.80 Å². The van der Waals surface area contributed by atoms with E-state index in [4.69, 9.17) is 9.40 Å². The minimum atomic E-state index is -0.838. The number of nitrogens with zero attached hydrogens (tertiary/aromatic N) is 4. The normalized spacial score (nSPS) is 12.6. The second-order valence-corrected chi connectivity index (χ2v) is 20.1. The van der Waals surface area contributed by atoms with Crippen molar-refractivity contribution < 1.29 is 4.42 Å². The Morgan fingerprint density at radius 3 is 1.61 bits per heavy atom. The maximum atomic E-state index is 7.64. The summed E-state index contributed by atoms with van der Waals surface area (Å²) in [6.07, 6.45) is 3.99. The van der Waals surface area contributed by atoms with Gasteiger partial charge in [0.25, 0.3) is 0 Å². The quantitative estimate of drug-likeness (QED) is 0.144. The van der Waals surface area contributed by atoms with Gasteiger partial charge in [-0.15, -0.1) is 0 Å². The summed E-state index contributed by atoms with van der Waals surface area (Å²) < 4.78 is 10.1. The molecule has 1 aliphatic rings. The number of aryl methyl sites for hydroxylation is 4. The Morgan fingerprint density at radius 1 is 0.440 bits per heavy atom. The van der Waals surface area contributed by atoms with Gasteiger partial charge in [0.15, 0.2) is 0 Å². The molecule has 13 aromatic rings. The maximum Gasteiger partial charge on any atom is 0.143 e. The highest BCUT2D eigenvalue weighted by Crippen LogP contribution is 2.65. The number of furan rings is 1. The fourth-order valence-corrected chi connectivity index (χ4v) is 12.5. The van der Waals surface area contributed by atoms with Crippen LogP contribution in [0.3, 0.4) is 0 Å². The minimum Gasteiger partial charge on any atom is -0.455 e. The first-order valence-corrected chi connectivity index (χ1v) is 25.9. The third-order valence-corrected chi connectivity index (χ3v) is 15.8. The van der Waals surface area contributed by atoms with E-state index in [1.54, 1.807) is 0 Å².